The predicted octanol–water partition coefficient (Wildman–Crippen LogP) is 1.32. The van der Waals surface area contributed by atoms with E-state index in [2.05, 4.69) is 0 Å². The van der Waals surface area contributed by atoms with Gasteiger partial charge in [0, 0.05) is 18.7 Å². The van der Waals surface area contributed by atoms with E-state index in [1.165, 1.54) is 48.5 Å². The Balaban J connectivity index is 1.95. The third kappa shape index (κ3) is 4.28. The zero-order valence-electron chi connectivity index (χ0n) is 15.3. The van der Waals surface area contributed by atoms with Crippen molar-refractivity contribution in [2.75, 3.05) is 6.54 Å². The minimum absolute atomic E-state index is 0.0958. The zero-order valence-corrected chi connectivity index (χ0v) is 16.2. The molecular weight excluding hydrogens is 421 g/mol. The van der Waals surface area contributed by atoms with Gasteiger partial charge in [-0.1, -0.05) is 24.3 Å². The van der Waals surface area contributed by atoms with Gasteiger partial charge in [-0.25, -0.2) is 8.70 Å². The van der Waals surface area contributed by atoms with Crippen LogP contribution in [0.5, 0.6) is 0 Å². The average molecular weight is 437 g/mol. The van der Waals surface area contributed by atoms with Gasteiger partial charge in [-0.05, 0) is 29.7 Å². The number of nitro groups is 1. The first-order valence-electron chi connectivity index (χ1n) is 8.62. The number of nitro benzene ring substituents is 1. The molecule has 0 unspecified atom stereocenters. The molecule has 1 heterocycles. The van der Waals surface area contributed by atoms with Crippen molar-refractivity contribution in [2.24, 2.45) is 0 Å². The predicted molar refractivity (Wildman–Crippen MR) is 101 cm³/mol. The van der Waals surface area contributed by atoms with E-state index >= 15 is 0 Å². The monoisotopic (exact) mass is 437 g/mol. The molecule has 0 saturated carbocycles. The fraction of sp³-hybridized carbons (Fsp3) is 0.222. The highest BCUT2D eigenvalue weighted by molar-refractivity contribution is 7.87. The van der Waals surface area contributed by atoms with E-state index < -0.39 is 45.4 Å². The first-order chi connectivity index (χ1) is 14.1. The average Bonchev–Trinajstić information content (AvgIpc) is 2.85. The van der Waals surface area contributed by atoms with Crippen molar-refractivity contribution in [2.45, 2.75) is 19.0 Å². The normalized spacial score (nSPS) is 18.5. The number of hydrogen-bond acceptors (Lipinski definition) is 6. The van der Waals surface area contributed by atoms with Crippen molar-refractivity contribution in [1.82, 2.24) is 8.61 Å². The molecule has 12 heteroatoms. The van der Waals surface area contributed by atoms with Gasteiger partial charge in [-0.3, -0.25) is 19.7 Å². The van der Waals surface area contributed by atoms with Crippen LogP contribution in [0.4, 0.5) is 10.1 Å². The Kier molecular flexibility index (Phi) is 5.80. The zero-order chi connectivity index (χ0) is 22.1. The Bertz CT molecular complexity index is 1090. The van der Waals surface area contributed by atoms with Crippen LogP contribution in [-0.4, -0.2) is 51.5 Å². The first kappa shape index (κ1) is 21.3. The quantitative estimate of drug-likeness (QED) is 0.509. The third-order valence-electron chi connectivity index (χ3n) is 4.56. The molecule has 0 spiro atoms. The summed E-state index contributed by atoms with van der Waals surface area (Å²) in [6, 6.07) is 9.00. The van der Waals surface area contributed by atoms with Crippen molar-refractivity contribution >= 4 is 27.8 Å². The summed E-state index contributed by atoms with van der Waals surface area (Å²) in [5.41, 5.74) is 0.670. The van der Waals surface area contributed by atoms with Gasteiger partial charge in [-0.2, -0.15) is 12.7 Å². The molecule has 1 fully saturated rings. The molecule has 30 heavy (non-hydrogen) atoms. The topological polar surface area (TPSA) is 138 Å². The third-order valence-corrected chi connectivity index (χ3v) is 6.40. The lowest BCUT2D eigenvalue weighted by Crippen LogP contribution is -2.37. The van der Waals surface area contributed by atoms with E-state index in [1.54, 1.807) is 0 Å². The largest absolute Gasteiger partial charge is 0.480 e. The highest BCUT2D eigenvalue weighted by atomic mass is 32.2. The molecule has 1 atom stereocenters. The van der Waals surface area contributed by atoms with Crippen LogP contribution in [-0.2, 0) is 32.8 Å². The number of carboxylic acid groups (broad SMARTS) is 1. The minimum Gasteiger partial charge on any atom is -0.480 e. The molecule has 0 radical (unpaired) electrons. The lowest BCUT2D eigenvalue weighted by atomic mass is 10.0. The van der Waals surface area contributed by atoms with Gasteiger partial charge in [0.15, 0.2) is 0 Å². The van der Waals surface area contributed by atoms with Gasteiger partial charge < -0.3 is 5.11 Å². The van der Waals surface area contributed by atoms with Gasteiger partial charge in [0.05, 0.1) is 4.92 Å². The summed E-state index contributed by atoms with van der Waals surface area (Å²) in [6.07, 6.45) is -0.0958. The molecule has 2 aromatic carbocycles. The number of aliphatic carboxylic acids is 1. The van der Waals surface area contributed by atoms with Gasteiger partial charge in [0.25, 0.3) is 11.6 Å². The number of carbonyl (C=O) groups is 2. The number of nitrogens with zero attached hydrogens (tertiary/aromatic N) is 3. The lowest BCUT2D eigenvalue weighted by Gasteiger charge is -2.20. The summed E-state index contributed by atoms with van der Waals surface area (Å²) in [4.78, 5) is 34.0. The van der Waals surface area contributed by atoms with Crippen molar-refractivity contribution in [3.05, 3.63) is 75.6 Å². The number of halogens is 1. The fourth-order valence-corrected chi connectivity index (χ4v) is 4.77. The second-order valence-corrected chi connectivity index (χ2v) is 8.37. The van der Waals surface area contributed by atoms with Crippen LogP contribution in [0.3, 0.4) is 0 Å². The molecule has 158 valence electrons. The van der Waals surface area contributed by atoms with Crippen LogP contribution in [0, 0.1) is 15.9 Å². The molecule has 1 N–H and O–H groups in total. The number of rotatable bonds is 7. The maximum absolute atomic E-state index is 13.2. The molecule has 0 bridgehead atoms. The number of carbonyl (C=O) groups excluding carboxylic acids is 1. The van der Waals surface area contributed by atoms with Crippen LogP contribution in [0.25, 0.3) is 0 Å². The van der Waals surface area contributed by atoms with Crippen LogP contribution >= 0.6 is 0 Å². The summed E-state index contributed by atoms with van der Waals surface area (Å²) < 4.78 is 40.0. The lowest BCUT2D eigenvalue weighted by molar-refractivity contribution is -0.384. The van der Waals surface area contributed by atoms with Crippen LogP contribution < -0.4 is 0 Å². The Labute approximate surface area is 170 Å². The summed E-state index contributed by atoms with van der Waals surface area (Å²) in [5, 5.41) is 19.8. The number of non-ortho nitro benzene ring substituents is 1. The molecule has 1 saturated heterocycles. The summed E-state index contributed by atoms with van der Waals surface area (Å²) in [5.74, 6) is -2.91. The summed E-state index contributed by atoms with van der Waals surface area (Å²) in [6.45, 7) is -1.33. The Morgan fingerprint density at radius 3 is 2.20 bits per heavy atom. The maximum Gasteiger partial charge on any atom is 0.324 e. The second kappa shape index (κ2) is 8.16. The van der Waals surface area contributed by atoms with Crippen molar-refractivity contribution in [3.8, 4) is 0 Å². The number of amides is 1. The first-order valence-corrected chi connectivity index (χ1v) is 10.0. The SMILES string of the molecule is O=C(O)CN1C(=O)[C@H](Cc2ccc(F)cc2)N(Cc2ccc([N+](=O)[O-])cc2)S1(=O)=O. The molecule has 1 amide bonds. The Morgan fingerprint density at radius 1 is 1.10 bits per heavy atom. The Morgan fingerprint density at radius 2 is 1.67 bits per heavy atom. The van der Waals surface area contributed by atoms with Crippen LogP contribution in [0.1, 0.15) is 11.1 Å². The highest BCUT2D eigenvalue weighted by Gasteiger charge is 2.50. The van der Waals surface area contributed by atoms with Crippen LogP contribution in [0.2, 0.25) is 0 Å². The van der Waals surface area contributed by atoms with Gasteiger partial charge in [0.2, 0.25) is 0 Å². The van der Waals surface area contributed by atoms with Crippen molar-refractivity contribution in [1.29, 1.82) is 0 Å². The molecular formula is C18H16FN3O7S. The van der Waals surface area contributed by atoms with E-state index in [-0.39, 0.29) is 23.0 Å². The maximum atomic E-state index is 13.2. The van der Waals surface area contributed by atoms with Crippen LogP contribution in [0.15, 0.2) is 48.5 Å². The Hall–Kier alpha value is -3.38. The molecule has 3 rings (SSSR count). The molecule has 0 aliphatic carbocycles. The highest BCUT2D eigenvalue weighted by Crippen LogP contribution is 2.29. The molecule has 2 aromatic rings. The van der Waals surface area contributed by atoms with E-state index in [9.17, 15) is 32.5 Å². The number of hydrogen-bond donors (Lipinski definition) is 1. The fourth-order valence-electron chi connectivity index (χ4n) is 3.10. The number of benzene rings is 2. The molecule has 1 aliphatic heterocycles. The van der Waals surface area contributed by atoms with E-state index in [0.29, 0.717) is 11.1 Å². The molecule has 1 aliphatic rings. The minimum atomic E-state index is -4.45. The molecule has 0 aromatic heterocycles. The summed E-state index contributed by atoms with van der Waals surface area (Å²) >= 11 is 0. The van der Waals surface area contributed by atoms with E-state index in [1.807, 2.05) is 0 Å². The second-order valence-electron chi connectivity index (χ2n) is 6.56. The number of carboxylic acids is 1. The summed E-state index contributed by atoms with van der Waals surface area (Å²) in [7, 11) is -4.45. The van der Waals surface area contributed by atoms with Gasteiger partial charge >= 0.3 is 16.2 Å². The van der Waals surface area contributed by atoms with E-state index in [4.69, 9.17) is 5.11 Å². The van der Waals surface area contributed by atoms with Gasteiger partial charge in [-0.15, -0.1) is 0 Å². The smallest absolute Gasteiger partial charge is 0.324 e. The molecule has 10 nitrogen and oxygen atoms in total. The van der Waals surface area contributed by atoms with Crippen molar-refractivity contribution < 1.29 is 32.4 Å². The standard InChI is InChI=1S/C18H16FN3O7S/c19-14-5-1-12(2-6-14)9-16-18(25)21(11-17(23)24)30(28,29)20(16)10-13-3-7-15(8-4-13)22(26)27/h1-8,16H,9-11H2,(H,23,24)/t16-/m0/s1. The van der Waals surface area contributed by atoms with Gasteiger partial charge in [0.1, 0.15) is 18.4 Å². The van der Waals surface area contributed by atoms with Crippen molar-refractivity contribution in [3.63, 3.8) is 0 Å². The van der Waals surface area contributed by atoms with E-state index in [0.717, 1.165) is 4.31 Å².